The monoisotopic (exact) mass is 479 g/mol. The average molecular weight is 480 g/mol. The normalized spacial score (nSPS) is 15.6. The van der Waals surface area contributed by atoms with E-state index in [1.807, 2.05) is 48.5 Å². The summed E-state index contributed by atoms with van der Waals surface area (Å²) in [5, 5.41) is 14.4. The average Bonchev–Trinajstić information content (AvgIpc) is 3.20. The molecule has 1 aromatic heterocycles. The Morgan fingerprint density at radius 3 is 2.47 bits per heavy atom. The number of carbonyl (C=O) groups is 1. The summed E-state index contributed by atoms with van der Waals surface area (Å²) in [6.07, 6.45) is 0. The number of phenols is 1. The van der Waals surface area contributed by atoms with Crippen LogP contribution in [0.3, 0.4) is 0 Å². The Morgan fingerprint density at radius 2 is 1.79 bits per heavy atom. The van der Waals surface area contributed by atoms with E-state index in [9.17, 15) is 9.90 Å². The van der Waals surface area contributed by atoms with E-state index in [-0.39, 0.29) is 18.4 Å². The van der Waals surface area contributed by atoms with Crippen LogP contribution in [-0.2, 0) is 9.47 Å². The van der Waals surface area contributed by atoms with Gasteiger partial charge in [-0.1, -0.05) is 48.0 Å². The highest BCUT2D eigenvalue weighted by Crippen LogP contribution is 2.47. The maximum absolute atomic E-state index is 13.1. The molecule has 34 heavy (non-hydrogen) atoms. The summed E-state index contributed by atoms with van der Waals surface area (Å²) in [5.41, 5.74) is 2.49. The summed E-state index contributed by atoms with van der Waals surface area (Å²) in [5.74, 6) is 0.120. The number of nitrogens with zero attached hydrogens (tertiary/aromatic N) is 1. The van der Waals surface area contributed by atoms with E-state index < -0.39 is 5.97 Å². The molecule has 1 saturated heterocycles. The Morgan fingerprint density at radius 1 is 1.12 bits per heavy atom. The topological polar surface area (TPSA) is 72.1 Å². The van der Waals surface area contributed by atoms with Crippen LogP contribution in [0.2, 0.25) is 5.02 Å². The fourth-order valence-electron chi connectivity index (χ4n) is 4.90. The number of phenolic OH excluding ortho intramolecular Hbond substituents is 1. The molecule has 0 amide bonds. The van der Waals surface area contributed by atoms with E-state index >= 15 is 0 Å². The molecule has 7 heteroatoms. The van der Waals surface area contributed by atoms with Crippen molar-refractivity contribution in [2.45, 2.75) is 19.9 Å². The zero-order valence-corrected chi connectivity index (χ0v) is 19.9. The fourth-order valence-corrected chi connectivity index (χ4v) is 5.02. The van der Waals surface area contributed by atoms with E-state index in [0.29, 0.717) is 64.6 Å². The number of rotatable bonds is 5. The van der Waals surface area contributed by atoms with Gasteiger partial charge in [0.25, 0.3) is 0 Å². The lowest BCUT2D eigenvalue weighted by atomic mass is 9.88. The highest BCUT2D eigenvalue weighted by atomic mass is 35.5. The first-order chi connectivity index (χ1) is 16.5. The van der Waals surface area contributed by atoms with Gasteiger partial charge in [-0.25, -0.2) is 4.79 Å². The number of halogens is 1. The Labute approximate surface area is 202 Å². The molecule has 0 aliphatic carbocycles. The molecular formula is C27H26ClNO5. The molecule has 6 nitrogen and oxygen atoms in total. The Bertz CT molecular complexity index is 1360. The molecule has 1 unspecified atom stereocenters. The third-order valence-corrected chi connectivity index (χ3v) is 6.64. The van der Waals surface area contributed by atoms with Gasteiger partial charge in [0.1, 0.15) is 22.7 Å². The molecule has 1 N–H and O–H groups in total. The van der Waals surface area contributed by atoms with Crippen LogP contribution < -0.4 is 0 Å². The van der Waals surface area contributed by atoms with E-state index in [1.54, 1.807) is 13.8 Å². The van der Waals surface area contributed by atoms with Crippen LogP contribution in [-0.4, -0.2) is 48.9 Å². The SMILES string of the molecule is CCOC(=O)c1c(C)oc2c1c(C(c1ccc(Cl)cc1)N1CCOCC1)c(O)c1ccccc12. The van der Waals surface area contributed by atoms with Crippen LogP contribution >= 0.6 is 11.6 Å². The minimum atomic E-state index is -0.466. The maximum Gasteiger partial charge on any atom is 0.342 e. The number of aryl methyl sites for hydroxylation is 1. The van der Waals surface area contributed by atoms with Gasteiger partial charge in [0.15, 0.2) is 0 Å². The van der Waals surface area contributed by atoms with Crippen molar-refractivity contribution in [1.29, 1.82) is 0 Å². The first-order valence-electron chi connectivity index (χ1n) is 11.4. The van der Waals surface area contributed by atoms with Gasteiger partial charge in [-0.2, -0.15) is 0 Å². The fraction of sp³-hybridized carbons (Fsp3) is 0.296. The second kappa shape index (κ2) is 9.29. The predicted molar refractivity (Wildman–Crippen MR) is 132 cm³/mol. The number of fused-ring (bicyclic) bond motifs is 3. The quantitative estimate of drug-likeness (QED) is 0.362. The number of benzene rings is 3. The Kier molecular flexibility index (Phi) is 6.21. The summed E-state index contributed by atoms with van der Waals surface area (Å²) in [4.78, 5) is 15.4. The van der Waals surface area contributed by atoms with Crippen molar-refractivity contribution in [3.8, 4) is 5.75 Å². The predicted octanol–water partition coefficient (Wildman–Crippen LogP) is 5.85. The molecule has 0 spiro atoms. The van der Waals surface area contributed by atoms with Crippen molar-refractivity contribution in [1.82, 2.24) is 4.90 Å². The lowest BCUT2D eigenvalue weighted by Gasteiger charge is -2.36. The van der Waals surface area contributed by atoms with E-state index in [2.05, 4.69) is 4.90 Å². The first-order valence-corrected chi connectivity index (χ1v) is 11.8. The number of hydrogen-bond donors (Lipinski definition) is 1. The molecule has 2 heterocycles. The lowest BCUT2D eigenvalue weighted by Crippen LogP contribution is -2.39. The molecule has 176 valence electrons. The second-order valence-electron chi connectivity index (χ2n) is 8.37. The van der Waals surface area contributed by atoms with Crippen molar-refractivity contribution in [2.75, 3.05) is 32.9 Å². The van der Waals surface area contributed by atoms with Gasteiger partial charge < -0.3 is 19.0 Å². The van der Waals surface area contributed by atoms with Crippen molar-refractivity contribution >= 4 is 39.3 Å². The third kappa shape index (κ3) is 3.82. The number of esters is 1. The standard InChI is InChI=1S/C27H26ClNO5/c1-3-33-27(31)21-16(2)34-26-20-7-5-4-6-19(20)25(30)23(22(21)26)24(29-12-14-32-15-13-29)17-8-10-18(28)11-9-17/h4-11,24,30H,3,12-15H2,1-2H3. The number of ether oxygens (including phenoxy) is 2. The first kappa shape index (κ1) is 22.7. The molecule has 1 aliphatic heterocycles. The molecular weight excluding hydrogens is 454 g/mol. The molecule has 1 atom stereocenters. The van der Waals surface area contributed by atoms with Gasteiger partial charge in [-0.15, -0.1) is 0 Å². The van der Waals surface area contributed by atoms with Crippen molar-refractivity contribution in [3.63, 3.8) is 0 Å². The van der Waals surface area contributed by atoms with Crippen LogP contribution in [0.4, 0.5) is 0 Å². The van der Waals surface area contributed by atoms with Crippen molar-refractivity contribution in [3.05, 3.63) is 76.0 Å². The van der Waals surface area contributed by atoms with Gasteiger partial charge in [0.2, 0.25) is 0 Å². The molecule has 0 saturated carbocycles. The van der Waals surface area contributed by atoms with E-state index in [4.69, 9.17) is 25.5 Å². The minimum Gasteiger partial charge on any atom is -0.507 e. The molecule has 1 aliphatic rings. The summed E-state index contributed by atoms with van der Waals surface area (Å²) in [6.45, 7) is 6.28. The van der Waals surface area contributed by atoms with E-state index in [0.717, 1.165) is 10.9 Å². The highest BCUT2D eigenvalue weighted by molar-refractivity contribution is 6.30. The summed E-state index contributed by atoms with van der Waals surface area (Å²) >= 11 is 6.20. The zero-order valence-electron chi connectivity index (χ0n) is 19.1. The van der Waals surface area contributed by atoms with Gasteiger partial charge in [0.05, 0.1) is 25.9 Å². The smallest absolute Gasteiger partial charge is 0.342 e. The van der Waals surface area contributed by atoms with Crippen LogP contribution in [0.25, 0.3) is 21.7 Å². The lowest BCUT2D eigenvalue weighted by molar-refractivity contribution is 0.0238. The van der Waals surface area contributed by atoms with Gasteiger partial charge >= 0.3 is 5.97 Å². The molecule has 5 rings (SSSR count). The third-order valence-electron chi connectivity index (χ3n) is 6.39. The van der Waals surface area contributed by atoms with Crippen LogP contribution in [0, 0.1) is 6.92 Å². The second-order valence-corrected chi connectivity index (χ2v) is 8.80. The number of hydrogen-bond acceptors (Lipinski definition) is 6. The number of furan rings is 1. The molecule has 4 aromatic rings. The highest BCUT2D eigenvalue weighted by Gasteiger charge is 2.34. The number of morpholine rings is 1. The largest absolute Gasteiger partial charge is 0.507 e. The number of carbonyl (C=O) groups excluding carboxylic acids is 1. The van der Waals surface area contributed by atoms with Gasteiger partial charge in [0, 0.05) is 39.8 Å². The van der Waals surface area contributed by atoms with Gasteiger partial charge in [-0.3, -0.25) is 4.90 Å². The Balaban J connectivity index is 1.89. The summed E-state index contributed by atoms with van der Waals surface area (Å²) in [6, 6.07) is 14.8. The zero-order chi connectivity index (χ0) is 23.8. The maximum atomic E-state index is 13.1. The van der Waals surface area contributed by atoms with Crippen molar-refractivity contribution < 1.29 is 23.8 Å². The minimum absolute atomic E-state index is 0.126. The molecule has 3 aromatic carbocycles. The Hall–Kier alpha value is -3.06. The van der Waals surface area contributed by atoms with E-state index in [1.165, 1.54) is 0 Å². The van der Waals surface area contributed by atoms with Gasteiger partial charge in [-0.05, 0) is 31.5 Å². The van der Waals surface area contributed by atoms with Crippen LogP contribution in [0.1, 0.15) is 40.2 Å². The molecule has 0 bridgehead atoms. The van der Waals surface area contributed by atoms with Crippen molar-refractivity contribution in [2.24, 2.45) is 0 Å². The molecule has 1 fully saturated rings. The number of aromatic hydroxyl groups is 1. The molecule has 0 radical (unpaired) electrons. The summed E-state index contributed by atoms with van der Waals surface area (Å²) in [7, 11) is 0. The summed E-state index contributed by atoms with van der Waals surface area (Å²) < 4.78 is 17.2. The van der Waals surface area contributed by atoms with Crippen LogP contribution in [0.15, 0.2) is 52.9 Å². The van der Waals surface area contributed by atoms with Crippen LogP contribution in [0.5, 0.6) is 5.75 Å².